The molecule has 6 rings (SSSR count). The van der Waals surface area contributed by atoms with Gasteiger partial charge >= 0.3 is 6.03 Å². The van der Waals surface area contributed by atoms with Crippen LogP contribution in [0.25, 0.3) is 11.3 Å². The average Bonchev–Trinajstić information content (AvgIpc) is 3.48. The van der Waals surface area contributed by atoms with E-state index in [0.29, 0.717) is 49.2 Å². The van der Waals surface area contributed by atoms with Gasteiger partial charge in [-0.2, -0.15) is 0 Å². The van der Waals surface area contributed by atoms with Crippen LogP contribution in [-0.2, 0) is 11.2 Å². The van der Waals surface area contributed by atoms with E-state index >= 15 is 0 Å². The summed E-state index contributed by atoms with van der Waals surface area (Å²) in [4.78, 5) is 20.5. The van der Waals surface area contributed by atoms with E-state index in [4.69, 9.17) is 14.2 Å². The third-order valence-electron chi connectivity index (χ3n) is 6.92. The largest absolute Gasteiger partial charge is 0.393 e. The highest BCUT2D eigenvalue weighted by molar-refractivity contribution is 7.16. The molecule has 9 nitrogen and oxygen atoms in total. The van der Waals surface area contributed by atoms with E-state index in [2.05, 4.69) is 20.7 Å². The Labute approximate surface area is 205 Å². The maximum absolute atomic E-state index is 13.3. The number of nitrogens with zero attached hydrogens (tertiary/aromatic N) is 3. The van der Waals surface area contributed by atoms with Crippen molar-refractivity contribution in [1.82, 2.24) is 15.5 Å². The molecule has 184 valence electrons. The Morgan fingerprint density at radius 3 is 2.77 bits per heavy atom. The number of benzene rings is 1. The molecular formula is C24H26FN5O4S. The van der Waals surface area contributed by atoms with E-state index in [1.165, 1.54) is 23.5 Å². The van der Waals surface area contributed by atoms with Gasteiger partial charge in [0.25, 0.3) is 0 Å². The van der Waals surface area contributed by atoms with Gasteiger partial charge in [0.15, 0.2) is 16.7 Å². The van der Waals surface area contributed by atoms with Crippen LogP contribution < -0.4 is 15.5 Å². The average molecular weight is 500 g/mol. The van der Waals surface area contributed by atoms with Gasteiger partial charge in [-0.05, 0) is 49.9 Å². The van der Waals surface area contributed by atoms with Crippen LogP contribution in [0.15, 0.2) is 34.9 Å². The number of hydrogen-bond acceptors (Lipinski definition) is 8. The Kier molecular flexibility index (Phi) is 5.91. The van der Waals surface area contributed by atoms with E-state index in [-0.39, 0.29) is 36.1 Å². The summed E-state index contributed by atoms with van der Waals surface area (Å²) in [6.07, 6.45) is 3.38. The molecule has 2 amide bonds. The monoisotopic (exact) mass is 499 g/mol. The van der Waals surface area contributed by atoms with Crippen LogP contribution in [0.1, 0.15) is 42.3 Å². The number of anilines is 2. The van der Waals surface area contributed by atoms with Crippen molar-refractivity contribution in [2.75, 3.05) is 23.4 Å². The SMILES string of the molecule is O=C(Nc1nc2c(s1)[C@@H]1COC[C@H](C2)N1c1cc(-c2ccc(F)cc2)on1)N[C@H]1CC[C@H](O)CC1. The van der Waals surface area contributed by atoms with E-state index in [1.54, 1.807) is 12.1 Å². The number of urea groups is 1. The highest BCUT2D eigenvalue weighted by atomic mass is 32.1. The quantitative estimate of drug-likeness (QED) is 0.500. The summed E-state index contributed by atoms with van der Waals surface area (Å²) < 4.78 is 24.7. The molecule has 3 aromatic rings. The van der Waals surface area contributed by atoms with Crippen molar-refractivity contribution in [3.63, 3.8) is 0 Å². The van der Waals surface area contributed by atoms with Gasteiger partial charge in [0.2, 0.25) is 0 Å². The van der Waals surface area contributed by atoms with Crippen LogP contribution in [0.3, 0.4) is 0 Å². The zero-order valence-corrected chi connectivity index (χ0v) is 19.8. The third-order valence-corrected chi connectivity index (χ3v) is 8.03. The standard InChI is InChI=1S/C24H26FN5O4S/c25-14-3-1-13(2-4-14)20-10-21(29-34-20)30-16-9-18-22(19(30)12-33-11-16)35-24(27-18)28-23(32)26-15-5-7-17(31)8-6-15/h1-4,10,15-17,19,31H,5-9,11-12H2,(H2,26,27,28,32)/t15-,16-,17-,19-/m0/s1. The van der Waals surface area contributed by atoms with Crippen LogP contribution in [0.2, 0.25) is 0 Å². The lowest BCUT2D eigenvalue weighted by atomic mass is 9.93. The molecule has 3 aliphatic rings. The number of hydrogen-bond donors (Lipinski definition) is 3. The number of morpholine rings is 1. The first-order valence-electron chi connectivity index (χ1n) is 11.9. The molecule has 1 aliphatic carbocycles. The number of aliphatic hydroxyl groups is 1. The molecule has 1 saturated carbocycles. The predicted molar refractivity (Wildman–Crippen MR) is 128 cm³/mol. The maximum atomic E-state index is 13.3. The number of carbonyl (C=O) groups excluding carboxylic acids is 1. The molecule has 0 unspecified atom stereocenters. The molecular weight excluding hydrogens is 473 g/mol. The number of aliphatic hydroxyl groups excluding tert-OH is 1. The van der Waals surface area contributed by atoms with E-state index in [0.717, 1.165) is 29.0 Å². The number of aromatic nitrogens is 2. The minimum atomic E-state index is -0.301. The van der Waals surface area contributed by atoms with Gasteiger partial charge in [-0.3, -0.25) is 5.32 Å². The van der Waals surface area contributed by atoms with Crippen LogP contribution in [0.4, 0.5) is 20.1 Å². The molecule has 2 aromatic heterocycles. The second kappa shape index (κ2) is 9.21. The number of amides is 2. The number of fused-ring (bicyclic) bond motifs is 4. The van der Waals surface area contributed by atoms with Crippen LogP contribution in [0, 0.1) is 5.82 Å². The van der Waals surface area contributed by atoms with Gasteiger partial charge in [-0.15, -0.1) is 0 Å². The first kappa shape index (κ1) is 22.4. The Morgan fingerprint density at radius 2 is 1.97 bits per heavy atom. The number of nitrogens with one attached hydrogen (secondary N) is 2. The summed E-state index contributed by atoms with van der Waals surface area (Å²) in [5, 5.41) is 20.4. The summed E-state index contributed by atoms with van der Waals surface area (Å²) in [5.74, 6) is 0.973. The third kappa shape index (κ3) is 4.51. The van der Waals surface area contributed by atoms with Crippen LogP contribution >= 0.6 is 11.3 Å². The number of carbonyl (C=O) groups is 1. The summed E-state index contributed by atoms with van der Waals surface area (Å²) in [5.41, 5.74) is 1.73. The second-order valence-electron chi connectivity index (χ2n) is 9.31. The van der Waals surface area contributed by atoms with Crippen LogP contribution in [0.5, 0.6) is 0 Å². The molecule has 2 aliphatic heterocycles. The first-order valence-corrected chi connectivity index (χ1v) is 12.7. The van der Waals surface area contributed by atoms with Crippen molar-refractivity contribution in [2.45, 2.75) is 56.3 Å². The number of rotatable bonds is 4. The number of thiazole rings is 1. The molecule has 4 heterocycles. The van der Waals surface area contributed by atoms with Gasteiger partial charge < -0.3 is 24.6 Å². The summed E-state index contributed by atoms with van der Waals surface area (Å²) in [6, 6.07) is 7.76. The van der Waals surface area contributed by atoms with Crippen molar-refractivity contribution < 1.29 is 23.6 Å². The number of halogens is 1. The van der Waals surface area contributed by atoms with Crippen molar-refractivity contribution in [3.05, 3.63) is 46.7 Å². The predicted octanol–water partition coefficient (Wildman–Crippen LogP) is 3.86. The topological polar surface area (TPSA) is 113 Å². The minimum Gasteiger partial charge on any atom is -0.393 e. The van der Waals surface area contributed by atoms with Gasteiger partial charge in [0.05, 0.1) is 42.0 Å². The van der Waals surface area contributed by atoms with Crippen molar-refractivity contribution >= 4 is 28.3 Å². The highest BCUT2D eigenvalue weighted by Crippen LogP contribution is 2.43. The van der Waals surface area contributed by atoms with Crippen LogP contribution in [-0.4, -0.2) is 52.7 Å². The fraction of sp³-hybridized carbons (Fsp3) is 0.458. The number of ether oxygens (including phenoxy) is 1. The fourth-order valence-corrected chi connectivity index (χ4v) is 6.23. The minimum absolute atomic E-state index is 0.0462. The molecule has 2 fully saturated rings. The fourth-order valence-electron chi connectivity index (χ4n) is 5.16. The first-order chi connectivity index (χ1) is 17.0. The van der Waals surface area contributed by atoms with E-state index in [1.807, 2.05) is 6.07 Å². The Bertz CT molecular complexity index is 1210. The zero-order chi connectivity index (χ0) is 23.9. The highest BCUT2D eigenvalue weighted by Gasteiger charge is 2.42. The molecule has 35 heavy (non-hydrogen) atoms. The van der Waals surface area contributed by atoms with Crippen molar-refractivity contribution in [2.24, 2.45) is 0 Å². The van der Waals surface area contributed by atoms with Gasteiger partial charge in [-0.1, -0.05) is 16.5 Å². The van der Waals surface area contributed by atoms with Crippen molar-refractivity contribution in [1.29, 1.82) is 0 Å². The smallest absolute Gasteiger partial charge is 0.321 e. The zero-order valence-electron chi connectivity index (χ0n) is 18.9. The van der Waals surface area contributed by atoms with Gasteiger partial charge in [0.1, 0.15) is 5.82 Å². The van der Waals surface area contributed by atoms with Gasteiger partial charge in [0, 0.05) is 24.1 Å². The van der Waals surface area contributed by atoms with E-state index in [9.17, 15) is 14.3 Å². The molecule has 2 bridgehead atoms. The van der Waals surface area contributed by atoms with Gasteiger partial charge in [-0.25, -0.2) is 14.2 Å². The summed E-state index contributed by atoms with van der Waals surface area (Å²) in [6.45, 7) is 1.03. The molecule has 0 radical (unpaired) electrons. The Morgan fingerprint density at radius 1 is 1.17 bits per heavy atom. The molecule has 2 atom stereocenters. The lowest BCUT2D eigenvalue weighted by molar-refractivity contribution is 0.0601. The molecule has 1 aromatic carbocycles. The normalized spacial score (nSPS) is 25.7. The summed E-state index contributed by atoms with van der Waals surface area (Å²) in [7, 11) is 0. The van der Waals surface area contributed by atoms with Crippen molar-refractivity contribution in [3.8, 4) is 11.3 Å². The maximum Gasteiger partial charge on any atom is 0.321 e. The molecule has 11 heteroatoms. The summed E-state index contributed by atoms with van der Waals surface area (Å²) >= 11 is 1.45. The molecule has 1 saturated heterocycles. The lowest BCUT2D eigenvalue weighted by Gasteiger charge is -2.44. The lowest BCUT2D eigenvalue weighted by Crippen LogP contribution is -2.51. The Balaban J connectivity index is 1.19. The Hall–Kier alpha value is -3.02. The molecule has 0 spiro atoms. The second-order valence-corrected chi connectivity index (χ2v) is 10.3. The molecule has 3 N–H and O–H groups in total. The van der Waals surface area contributed by atoms with E-state index < -0.39 is 0 Å².